The number of benzene rings is 1. The third-order valence-corrected chi connectivity index (χ3v) is 3.56. The van der Waals surface area contributed by atoms with Crippen LogP contribution in [0.1, 0.15) is 24.8 Å². The van der Waals surface area contributed by atoms with Crippen LogP contribution >= 0.6 is 0 Å². The molecule has 1 aromatic rings. The highest BCUT2D eigenvalue weighted by atomic mass is 14.6. The molecule has 0 nitrogen and oxygen atoms in total. The molecule has 3 rings (SSSR count). The van der Waals surface area contributed by atoms with Crippen LogP contribution in [0, 0.1) is 5.92 Å². The standard InChI is InChI=1S/C13H14/c1-2-6-11(7-3-1)13-9-5-4-8-12(13)10-13/h1-3,5-7,9,12H,4,8,10H2/t12-,13+/m0/s1. The number of rotatable bonds is 1. The van der Waals surface area contributed by atoms with Crippen LogP contribution in [0.4, 0.5) is 0 Å². The minimum Gasteiger partial charge on any atom is -0.0876 e. The molecule has 0 saturated heterocycles. The van der Waals surface area contributed by atoms with E-state index in [4.69, 9.17) is 0 Å². The maximum atomic E-state index is 2.44. The molecule has 2 atom stereocenters. The minimum absolute atomic E-state index is 0.458. The molecule has 1 aromatic carbocycles. The maximum absolute atomic E-state index is 2.44. The lowest BCUT2D eigenvalue weighted by Crippen LogP contribution is -2.08. The normalized spacial score (nSPS) is 35.5. The highest BCUT2D eigenvalue weighted by Gasteiger charge is 2.53. The molecule has 1 saturated carbocycles. The smallest absolute Gasteiger partial charge is 0.0164 e. The van der Waals surface area contributed by atoms with Crippen LogP contribution in [0.25, 0.3) is 0 Å². The second kappa shape index (κ2) is 2.47. The van der Waals surface area contributed by atoms with E-state index < -0.39 is 0 Å². The van der Waals surface area contributed by atoms with Gasteiger partial charge in [0.2, 0.25) is 0 Å². The first-order valence-corrected chi connectivity index (χ1v) is 5.15. The van der Waals surface area contributed by atoms with Crippen molar-refractivity contribution in [3.05, 3.63) is 48.0 Å². The van der Waals surface area contributed by atoms with E-state index in [0.29, 0.717) is 5.41 Å². The fourth-order valence-corrected chi connectivity index (χ4v) is 2.70. The predicted octanol–water partition coefficient (Wildman–Crippen LogP) is 3.29. The summed E-state index contributed by atoms with van der Waals surface area (Å²) in [4.78, 5) is 0. The van der Waals surface area contributed by atoms with Crippen molar-refractivity contribution in [1.29, 1.82) is 0 Å². The van der Waals surface area contributed by atoms with Gasteiger partial charge < -0.3 is 0 Å². The van der Waals surface area contributed by atoms with Crippen molar-refractivity contribution < 1.29 is 0 Å². The molecular weight excluding hydrogens is 156 g/mol. The molecule has 0 aromatic heterocycles. The average molecular weight is 170 g/mol. The Morgan fingerprint density at radius 2 is 2.00 bits per heavy atom. The van der Waals surface area contributed by atoms with Crippen LogP contribution in [0.5, 0.6) is 0 Å². The van der Waals surface area contributed by atoms with Crippen molar-refractivity contribution in [2.75, 3.05) is 0 Å². The Morgan fingerprint density at radius 1 is 1.15 bits per heavy atom. The van der Waals surface area contributed by atoms with Gasteiger partial charge in [0, 0.05) is 5.41 Å². The van der Waals surface area contributed by atoms with Crippen LogP contribution in [0.3, 0.4) is 0 Å². The van der Waals surface area contributed by atoms with Gasteiger partial charge in [-0.3, -0.25) is 0 Å². The monoisotopic (exact) mass is 170 g/mol. The molecule has 0 amide bonds. The molecule has 0 N–H and O–H groups in total. The van der Waals surface area contributed by atoms with Crippen LogP contribution in [0.15, 0.2) is 42.5 Å². The molecule has 0 unspecified atom stereocenters. The van der Waals surface area contributed by atoms with Crippen LogP contribution in [-0.2, 0) is 5.41 Å². The van der Waals surface area contributed by atoms with E-state index in [1.54, 1.807) is 0 Å². The van der Waals surface area contributed by atoms with E-state index >= 15 is 0 Å². The molecule has 0 aliphatic heterocycles. The molecule has 1 fully saturated rings. The maximum Gasteiger partial charge on any atom is 0.0164 e. The van der Waals surface area contributed by atoms with Gasteiger partial charge in [0.15, 0.2) is 0 Å². The number of fused-ring (bicyclic) bond motifs is 1. The topological polar surface area (TPSA) is 0 Å². The van der Waals surface area contributed by atoms with Gasteiger partial charge in [0.05, 0.1) is 0 Å². The first kappa shape index (κ1) is 7.37. The molecular formula is C13H14. The van der Waals surface area contributed by atoms with E-state index in [2.05, 4.69) is 42.5 Å². The van der Waals surface area contributed by atoms with Crippen molar-refractivity contribution in [2.45, 2.75) is 24.7 Å². The number of hydrogen-bond donors (Lipinski definition) is 0. The van der Waals surface area contributed by atoms with E-state index in [-0.39, 0.29) is 0 Å². The van der Waals surface area contributed by atoms with E-state index in [1.165, 1.54) is 24.8 Å². The Bertz CT molecular complexity index is 336. The zero-order valence-corrected chi connectivity index (χ0v) is 7.74. The highest BCUT2D eigenvalue weighted by molar-refractivity contribution is 5.40. The summed E-state index contributed by atoms with van der Waals surface area (Å²) in [7, 11) is 0. The summed E-state index contributed by atoms with van der Waals surface area (Å²) in [5, 5.41) is 0. The first-order valence-electron chi connectivity index (χ1n) is 5.15. The third-order valence-electron chi connectivity index (χ3n) is 3.56. The fraction of sp³-hybridized carbons (Fsp3) is 0.385. The van der Waals surface area contributed by atoms with Crippen molar-refractivity contribution in [1.82, 2.24) is 0 Å². The van der Waals surface area contributed by atoms with Crippen molar-refractivity contribution in [2.24, 2.45) is 5.92 Å². The molecule has 66 valence electrons. The van der Waals surface area contributed by atoms with Crippen molar-refractivity contribution >= 4 is 0 Å². The molecule has 2 aliphatic rings. The number of allylic oxidation sites excluding steroid dienone is 2. The Hall–Kier alpha value is -1.04. The van der Waals surface area contributed by atoms with Gasteiger partial charge in [-0.15, -0.1) is 0 Å². The molecule has 0 heterocycles. The Morgan fingerprint density at radius 3 is 2.77 bits per heavy atom. The first-order chi connectivity index (χ1) is 6.42. The summed E-state index contributed by atoms with van der Waals surface area (Å²) >= 11 is 0. The summed E-state index contributed by atoms with van der Waals surface area (Å²) in [5.74, 6) is 0.944. The second-order valence-corrected chi connectivity index (χ2v) is 4.29. The van der Waals surface area contributed by atoms with Gasteiger partial charge in [-0.1, -0.05) is 42.5 Å². The molecule has 0 radical (unpaired) electrons. The average Bonchev–Trinajstić information content (AvgIpc) is 2.94. The lowest BCUT2D eigenvalue weighted by atomic mass is 9.88. The van der Waals surface area contributed by atoms with Crippen LogP contribution in [-0.4, -0.2) is 0 Å². The number of hydrogen-bond acceptors (Lipinski definition) is 0. The van der Waals surface area contributed by atoms with Gasteiger partial charge >= 0.3 is 0 Å². The minimum atomic E-state index is 0.458. The van der Waals surface area contributed by atoms with Crippen molar-refractivity contribution in [3.63, 3.8) is 0 Å². The van der Waals surface area contributed by atoms with Gasteiger partial charge in [0.1, 0.15) is 0 Å². The van der Waals surface area contributed by atoms with E-state index in [1.807, 2.05) is 0 Å². The zero-order valence-electron chi connectivity index (χ0n) is 7.74. The lowest BCUT2D eigenvalue weighted by molar-refractivity contribution is 0.631. The predicted molar refractivity (Wildman–Crippen MR) is 54.6 cm³/mol. The van der Waals surface area contributed by atoms with Crippen molar-refractivity contribution in [3.8, 4) is 0 Å². The van der Waals surface area contributed by atoms with Crippen LogP contribution < -0.4 is 0 Å². The SMILES string of the molecule is C1=C[C@]2(c3ccccc3)C[C@@H]2CC1. The molecule has 13 heavy (non-hydrogen) atoms. The Balaban J connectivity index is 2.02. The fourth-order valence-electron chi connectivity index (χ4n) is 2.70. The molecule has 0 spiro atoms. The van der Waals surface area contributed by atoms with E-state index in [0.717, 1.165) is 5.92 Å². The molecule has 0 heteroatoms. The summed E-state index contributed by atoms with van der Waals surface area (Å²) < 4.78 is 0. The molecule has 0 bridgehead atoms. The summed E-state index contributed by atoms with van der Waals surface area (Å²) in [6.45, 7) is 0. The molecule has 2 aliphatic carbocycles. The van der Waals surface area contributed by atoms with E-state index in [9.17, 15) is 0 Å². The summed E-state index contributed by atoms with van der Waals surface area (Å²) in [6.07, 6.45) is 8.87. The van der Waals surface area contributed by atoms with Gasteiger partial charge in [0.25, 0.3) is 0 Å². The Labute approximate surface area is 79.3 Å². The summed E-state index contributed by atoms with van der Waals surface area (Å²) in [6, 6.07) is 11.0. The zero-order chi connectivity index (χ0) is 8.73. The quantitative estimate of drug-likeness (QED) is 0.567. The van der Waals surface area contributed by atoms with Crippen LogP contribution in [0.2, 0.25) is 0 Å². The van der Waals surface area contributed by atoms with Gasteiger partial charge in [-0.05, 0) is 30.7 Å². The van der Waals surface area contributed by atoms with Gasteiger partial charge in [-0.25, -0.2) is 0 Å². The third kappa shape index (κ3) is 0.980. The highest BCUT2D eigenvalue weighted by Crippen LogP contribution is 2.59. The lowest BCUT2D eigenvalue weighted by Gasteiger charge is -2.16. The second-order valence-electron chi connectivity index (χ2n) is 4.29. The Kier molecular flexibility index (Phi) is 1.40. The van der Waals surface area contributed by atoms with Gasteiger partial charge in [-0.2, -0.15) is 0 Å². The summed E-state index contributed by atoms with van der Waals surface area (Å²) in [5.41, 5.74) is 1.98. The largest absolute Gasteiger partial charge is 0.0876 e.